The number of carbonyl (C=O) groups is 1. The molecule has 1 amide bonds. The summed E-state index contributed by atoms with van der Waals surface area (Å²) in [5.74, 6) is -0.524. The van der Waals surface area contributed by atoms with E-state index in [-0.39, 0.29) is 10.1 Å². The Kier molecular flexibility index (Phi) is 4.52. The Morgan fingerprint density at radius 1 is 1.38 bits per heavy atom. The summed E-state index contributed by atoms with van der Waals surface area (Å²) in [6.07, 6.45) is 0.821. The molecule has 0 saturated heterocycles. The number of amides is 1. The van der Waals surface area contributed by atoms with Crippen molar-refractivity contribution < 1.29 is 4.79 Å². The first-order chi connectivity index (χ1) is 7.56. The van der Waals surface area contributed by atoms with Gasteiger partial charge in [0.25, 0.3) is 5.91 Å². The van der Waals surface area contributed by atoms with E-state index in [1.165, 1.54) is 0 Å². The Morgan fingerprint density at radius 2 is 2.00 bits per heavy atom. The van der Waals surface area contributed by atoms with Crippen molar-refractivity contribution in [2.45, 2.75) is 6.92 Å². The van der Waals surface area contributed by atoms with Gasteiger partial charge in [-0.15, -0.1) is 0 Å². The zero-order valence-electron chi connectivity index (χ0n) is 8.55. The number of hydrogen-bond donors (Lipinski definition) is 2. The van der Waals surface area contributed by atoms with Crippen LogP contribution >= 0.6 is 23.2 Å². The third-order valence-corrected chi connectivity index (χ3v) is 2.70. The summed E-state index contributed by atoms with van der Waals surface area (Å²) in [5, 5.41) is 9.20. The third kappa shape index (κ3) is 3.08. The molecule has 0 radical (unpaired) electrons. The van der Waals surface area contributed by atoms with Gasteiger partial charge < -0.3 is 10.7 Å². The Labute approximate surface area is 104 Å². The molecule has 0 saturated carbocycles. The molecular formula is C11H10Cl2N2O. The van der Waals surface area contributed by atoms with E-state index in [1.807, 2.05) is 19.1 Å². The monoisotopic (exact) mass is 256 g/mol. The van der Waals surface area contributed by atoms with E-state index < -0.39 is 5.91 Å². The van der Waals surface area contributed by atoms with E-state index in [9.17, 15) is 4.79 Å². The van der Waals surface area contributed by atoms with E-state index >= 15 is 0 Å². The number of hydrogen-bond acceptors (Lipinski definition) is 2. The largest absolute Gasteiger partial charge is 0.321 e. The van der Waals surface area contributed by atoms with Crippen LogP contribution in [0, 0.1) is 12.3 Å². The second kappa shape index (κ2) is 5.68. The minimum atomic E-state index is -0.524. The van der Waals surface area contributed by atoms with Crippen molar-refractivity contribution in [1.29, 1.82) is 5.41 Å². The van der Waals surface area contributed by atoms with Crippen LogP contribution in [0.1, 0.15) is 5.56 Å². The number of benzene rings is 1. The van der Waals surface area contributed by atoms with Crippen LogP contribution in [0.2, 0.25) is 0 Å². The molecule has 0 unspecified atom stereocenters. The standard InChI is InChI=1S/C11H10Cl2N2O/c1-7-4-2-3-5-9(7)15-11(16)10(13)8(12)6-14/h2-6,14H,1H3,(H,15,16)/b10-8-,14-6?. The van der Waals surface area contributed by atoms with Gasteiger partial charge in [0.2, 0.25) is 0 Å². The van der Waals surface area contributed by atoms with Crippen molar-refractivity contribution in [1.82, 2.24) is 0 Å². The molecule has 0 fully saturated rings. The Hall–Kier alpha value is -1.32. The normalized spacial score (nSPS) is 11.7. The maximum Gasteiger partial charge on any atom is 0.268 e. The average Bonchev–Trinajstić information content (AvgIpc) is 2.30. The molecule has 0 atom stereocenters. The molecule has 1 aromatic carbocycles. The van der Waals surface area contributed by atoms with Crippen molar-refractivity contribution in [3.8, 4) is 0 Å². The number of nitrogens with one attached hydrogen (secondary N) is 2. The summed E-state index contributed by atoms with van der Waals surface area (Å²) in [5.41, 5.74) is 1.59. The lowest BCUT2D eigenvalue weighted by Crippen LogP contribution is -2.13. The fourth-order valence-corrected chi connectivity index (χ4v) is 1.25. The first kappa shape index (κ1) is 12.7. The molecule has 1 aromatic rings. The number of allylic oxidation sites excluding steroid dienone is 1. The molecule has 0 aliphatic carbocycles. The van der Waals surface area contributed by atoms with Crippen LogP contribution in [0.4, 0.5) is 5.69 Å². The van der Waals surface area contributed by atoms with Gasteiger partial charge in [-0.25, -0.2) is 0 Å². The van der Waals surface area contributed by atoms with Crippen molar-refractivity contribution in [2.75, 3.05) is 5.32 Å². The Bertz CT molecular complexity index is 455. The molecule has 84 valence electrons. The topological polar surface area (TPSA) is 53.0 Å². The Morgan fingerprint density at radius 3 is 2.56 bits per heavy atom. The van der Waals surface area contributed by atoms with Crippen LogP contribution in [-0.2, 0) is 4.79 Å². The van der Waals surface area contributed by atoms with Gasteiger partial charge in [0, 0.05) is 11.9 Å². The first-order valence-electron chi connectivity index (χ1n) is 4.49. The summed E-state index contributed by atoms with van der Waals surface area (Å²) in [4.78, 5) is 11.6. The highest BCUT2D eigenvalue weighted by molar-refractivity contribution is 6.53. The number of rotatable bonds is 3. The van der Waals surface area contributed by atoms with Crippen molar-refractivity contribution in [2.24, 2.45) is 0 Å². The highest BCUT2D eigenvalue weighted by Gasteiger charge is 2.11. The zero-order valence-corrected chi connectivity index (χ0v) is 10.1. The lowest BCUT2D eigenvalue weighted by atomic mass is 10.2. The number of aryl methyl sites for hydroxylation is 1. The average molecular weight is 257 g/mol. The van der Waals surface area contributed by atoms with Gasteiger partial charge in [-0.05, 0) is 18.6 Å². The molecule has 16 heavy (non-hydrogen) atoms. The number of anilines is 1. The maximum atomic E-state index is 11.6. The predicted octanol–water partition coefficient (Wildman–Crippen LogP) is 3.27. The van der Waals surface area contributed by atoms with Gasteiger partial charge in [0.1, 0.15) is 5.03 Å². The van der Waals surface area contributed by atoms with Gasteiger partial charge >= 0.3 is 0 Å². The molecular weight excluding hydrogens is 247 g/mol. The van der Waals surface area contributed by atoms with E-state index in [0.29, 0.717) is 5.69 Å². The van der Waals surface area contributed by atoms with Gasteiger partial charge in [-0.1, -0.05) is 41.4 Å². The van der Waals surface area contributed by atoms with Gasteiger partial charge in [0.15, 0.2) is 0 Å². The number of halogens is 2. The second-order valence-corrected chi connectivity index (χ2v) is 3.86. The van der Waals surface area contributed by atoms with Crippen molar-refractivity contribution in [3.05, 3.63) is 39.9 Å². The highest BCUT2D eigenvalue weighted by atomic mass is 35.5. The lowest BCUT2D eigenvalue weighted by Gasteiger charge is -2.07. The van der Waals surface area contributed by atoms with Crippen LogP contribution in [0.3, 0.4) is 0 Å². The quantitative estimate of drug-likeness (QED) is 0.633. The fourth-order valence-electron chi connectivity index (χ4n) is 1.06. The predicted molar refractivity (Wildman–Crippen MR) is 67.3 cm³/mol. The minimum Gasteiger partial charge on any atom is -0.321 e. The maximum absolute atomic E-state index is 11.6. The molecule has 3 nitrogen and oxygen atoms in total. The van der Waals surface area contributed by atoms with E-state index in [2.05, 4.69) is 5.32 Å². The Balaban J connectivity index is 2.88. The fraction of sp³-hybridized carbons (Fsp3) is 0.0909. The molecule has 5 heteroatoms. The summed E-state index contributed by atoms with van der Waals surface area (Å²) < 4.78 is 0. The van der Waals surface area contributed by atoms with Crippen LogP contribution in [0.5, 0.6) is 0 Å². The van der Waals surface area contributed by atoms with E-state index in [1.54, 1.807) is 12.1 Å². The molecule has 0 aromatic heterocycles. The van der Waals surface area contributed by atoms with Crippen LogP contribution in [0.15, 0.2) is 34.3 Å². The molecule has 0 spiro atoms. The summed E-state index contributed by atoms with van der Waals surface area (Å²) in [7, 11) is 0. The van der Waals surface area contributed by atoms with Crippen LogP contribution in [0.25, 0.3) is 0 Å². The first-order valence-corrected chi connectivity index (χ1v) is 5.24. The number of carbonyl (C=O) groups excluding carboxylic acids is 1. The molecule has 2 N–H and O–H groups in total. The summed E-state index contributed by atoms with van der Waals surface area (Å²) >= 11 is 11.2. The molecule has 0 aliphatic rings. The van der Waals surface area contributed by atoms with E-state index in [4.69, 9.17) is 28.6 Å². The van der Waals surface area contributed by atoms with Gasteiger partial charge in [-0.2, -0.15) is 0 Å². The number of para-hydroxylation sites is 1. The molecule has 1 rings (SSSR count). The smallest absolute Gasteiger partial charge is 0.268 e. The van der Waals surface area contributed by atoms with Crippen LogP contribution in [-0.4, -0.2) is 12.1 Å². The second-order valence-electron chi connectivity index (χ2n) is 3.08. The minimum absolute atomic E-state index is 0.0900. The van der Waals surface area contributed by atoms with Crippen LogP contribution < -0.4 is 5.32 Å². The summed E-state index contributed by atoms with van der Waals surface area (Å²) in [6.45, 7) is 1.87. The van der Waals surface area contributed by atoms with Crippen molar-refractivity contribution >= 4 is 41.0 Å². The lowest BCUT2D eigenvalue weighted by molar-refractivity contribution is -0.112. The SMILES string of the molecule is Cc1ccccc1NC(=O)/C(Cl)=C(/Cl)C=N. The molecule has 0 bridgehead atoms. The van der Waals surface area contributed by atoms with Gasteiger partial charge in [-0.3, -0.25) is 4.79 Å². The van der Waals surface area contributed by atoms with E-state index in [0.717, 1.165) is 11.8 Å². The third-order valence-electron chi connectivity index (χ3n) is 1.93. The summed E-state index contributed by atoms with van der Waals surface area (Å²) in [6, 6.07) is 7.30. The van der Waals surface area contributed by atoms with Gasteiger partial charge in [0.05, 0.1) is 5.03 Å². The molecule has 0 aliphatic heterocycles. The van der Waals surface area contributed by atoms with Crippen molar-refractivity contribution in [3.63, 3.8) is 0 Å². The molecule has 0 heterocycles. The highest BCUT2D eigenvalue weighted by Crippen LogP contribution is 2.17. The zero-order chi connectivity index (χ0) is 12.1.